The largest absolute Gasteiger partial charge is 0.478 e. The molecule has 0 aliphatic rings. The Balaban J connectivity index is 3.60. The van der Waals surface area contributed by atoms with Gasteiger partial charge in [-0.3, -0.25) is 0 Å². The van der Waals surface area contributed by atoms with Crippen LogP contribution in [0.3, 0.4) is 0 Å². The highest BCUT2D eigenvalue weighted by Gasteiger charge is 2.43. The molecule has 0 aliphatic heterocycles. The van der Waals surface area contributed by atoms with E-state index in [1.165, 1.54) is 6.92 Å². The number of aryl methyl sites for hydroxylation is 1. The standard InChI is InChI=1S/C13H10F6O2/c1-2-7-5-9(12(14,15)16)10(13(17,18)19)6-8(7)3-4-11(20)21/h3-6H,2H2,1H3,(H,20,21)/b4-3+. The molecule has 1 N–H and O–H groups in total. The fourth-order valence-corrected chi connectivity index (χ4v) is 1.75. The molecule has 0 saturated heterocycles. The number of aliphatic carboxylic acids is 1. The fourth-order valence-electron chi connectivity index (χ4n) is 1.75. The van der Waals surface area contributed by atoms with Gasteiger partial charge in [-0.25, -0.2) is 4.79 Å². The van der Waals surface area contributed by atoms with Crippen molar-refractivity contribution in [1.29, 1.82) is 0 Å². The lowest BCUT2D eigenvalue weighted by atomic mass is 9.95. The van der Waals surface area contributed by atoms with Gasteiger partial charge in [0, 0.05) is 6.08 Å². The van der Waals surface area contributed by atoms with Gasteiger partial charge in [0.05, 0.1) is 11.1 Å². The topological polar surface area (TPSA) is 37.3 Å². The molecular formula is C13H10F6O2. The zero-order chi connectivity index (χ0) is 16.4. The van der Waals surface area contributed by atoms with Gasteiger partial charge < -0.3 is 5.11 Å². The summed E-state index contributed by atoms with van der Waals surface area (Å²) in [5.41, 5.74) is -3.84. The molecule has 0 bridgehead atoms. The molecule has 116 valence electrons. The first-order chi connectivity index (χ1) is 9.46. The molecule has 0 aromatic heterocycles. The summed E-state index contributed by atoms with van der Waals surface area (Å²) >= 11 is 0. The van der Waals surface area contributed by atoms with Crippen molar-refractivity contribution in [2.75, 3.05) is 0 Å². The lowest BCUT2D eigenvalue weighted by Crippen LogP contribution is -2.17. The second-order valence-corrected chi connectivity index (χ2v) is 4.12. The monoisotopic (exact) mass is 312 g/mol. The Bertz CT molecular complexity index is 569. The summed E-state index contributed by atoms with van der Waals surface area (Å²) < 4.78 is 76.4. The number of carbonyl (C=O) groups is 1. The summed E-state index contributed by atoms with van der Waals surface area (Å²) in [5, 5.41) is 8.46. The van der Waals surface area contributed by atoms with Crippen molar-refractivity contribution in [1.82, 2.24) is 0 Å². The normalized spacial score (nSPS) is 12.9. The number of alkyl halides is 6. The average Bonchev–Trinajstić information content (AvgIpc) is 2.32. The fraction of sp³-hybridized carbons (Fsp3) is 0.308. The minimum Gasteiger partial charge on any atom is -0.478 e. The van der Waals surface area contributed by atoms with Crippen molar-refractivity contribution < 1.29 is 36.2 Å². The number of benzene rings is 1. The van der Waals surface area contributed by atoms with E-state index >= 15 is 0 Å². The second kappa shape index (κ2) is 5.79. The van der Waals surface area contributed by atoms with Crippen molar-refractivity contribution in [3.8, 4) is 0 Å². The van der Waals surface area contributed by atoms with Gasteiger partial charge in [0.25, 0.3) is 0 Å². The van der Waals surface area contributed by atoms with E-state index in [2.05, 4.69) is 0 Å². The Morgan fingerprint density at radius 2 is 1.57 bits per heavy atom. The van der Waals surface area contributed by atoms with Crippen molar-refractivity contribution >= 4 is 12.0 Å². The summed E-state index contributed by atoms with van der Waals surface area (Å²) in [6, 6.07) is 0.728. The summed E-state index contributed by atoms with van der Waals surface area (Å²) in [5.74, 6) is -1.41. The molecule has 1 aromatic rings. The van der Waals surface area contributed by atoms with E-state index in [1.807, 2.05) is 0 Å². The van der Waals surface area contributed by atoms with E-state index < -0.39 is 29.4 Å². The van der Waals surface area contributed by atoms with E-state index in [0.29, 0.717) is 18.2 Å². The third-order valence-electron chi connectivity index (χ3n) is 2.68. The molecule has 8 heteroatoms. The summed E-state index contributed by atoms with van der Waals surface area (Å²) in [7, 11) is 0. The highest BCUT2D eigenvalue weighted by Crippen LogP contribution is 2.41. The number of hydrogen-bond acceptors (Lipinski definition) is 1. The van der Waals surface area contributed by atoms with Gasteiger partial charge in [-0.15, -0.1) is 0 Å². The maximum absolute atomic E-state index is 12.8. The van der Waals surface area contributed by atoms with Gasteiger partial charge in [0.15, 0.2) is 0 Å². The number of carboxylic acids is 1. The third kappa shape index (κ3) is 4.24. The van der Waals surface area contributed by atoms with Crippen LogP contribution in [0.5, 0.6) is 0 Å². The van der Waals surface area contributed by atoms with E-state index in [9.17, 15) is 31.1 Å². The van der Waals surface area contributed by atoms with Crippen LogP contribution in [0.4, 0.5) is 26.3 Å². The van der Waals surface area contributed by atoms with Gasteiger partial charge in [-0.1, -0.05) is 6.92 Å². The van der Waals surface area contributed by atoms with Crippen molar-refractivity contribution in [3.05, 3.63) is 40.5 Å². The van der Waals surface area contributed by atoms with Gasteiger partial charge >= 0.3 is 18.3 Å². The molecule has 2 nitrogen and oxygen atoms in total. The van der Waals surface area contributed by atoms with E-state index in [0.717, 1.165) is 6.08 Å². The highest BCUT2D eigenvalue weighted by atomic mass is 19.4. The Morgan fingerprint density at radius 3 is 1.95 bits per heavy atom. The summed E-state index contributed by atoms with van der Waals surface area (Å²) in [4.78, 5) is 10.4. The van der Waals surface area contributed by atoms with Crippen LogP contribution < -0.4 is 0 Å². The van der Waals surface area contributed by atoms with Crippen LogP contribution in [0.2, 0.25) is 0 Å². The summed E-state index contributed by atoms with van der Waals surface area (Å²) in [6.07, 6.45) is -8.90. The molecule has 0 fully saturated rings. The first kappa shape index (κ1) is 17.1. The maximum atomic E-state index is 12.8. The zero-order valence-electron chi connectivity index (χ0n) is 10.6. The van der Waals surface area contributed by atoms with Crippen LogP contribution in [-0.2, 0) is 23.6 Å². The number of halogens is 6. The molecule has 0 atom stereocenters. The predicted molar refractivity (Wildman–Crippen MR) is 62.5 cm³/mol. The Labute approximate surface area is 115 Å². The Kier molecular flexibility index (Phi) is 4.70. The van der Waals surface area contributed by atoms with Crippen LogP contribution in [0.15, 0.2) is 18.2 Å². The predicted octanol–water partition coefficient (Wildman–Crippen LogP) is 4.38. The molecule has 0 amide bonds. The molecule has 0 aliphatic carbocycles. The molecular weight excluding hydrogens is 302 g/mol. The Hall–Kier alpha value is -1.99. The molecule has 0 radical (unpaired) electrons. The maximum Gasteiger partial charge on any atom is 0.417 e. The van der Waals surface area contributed by atoms with Crippen LogP contribution in [0.1, 0.15) is 29.2 Å². The van der Waals surface area contributed by atoms with Crippen molar-refractivity contribution in [2.24, 2.45) is 0 Å². The van der Waals surface area contributed by atoms with Crippen LogP contribution in [0.25, 0.3) is 6.08 Å². The van der Waals surface area contributed by atoms with Crippen LogP contribution >= 0.6 is 0 Å². The van der Waals surface area contributed by atoms with Gasteiger partial charge in [0.2, 0.25) is 0 Å². The average molecular weight is 312 g/mol. The molecule has 0 saturated carbocycles. The van der Waals surface area contributed by atoms with Crippen molar-refractivity contribution in [3.63, 3.8) is 0 Å². The van der Waals surface area contributed by atoms with Crippen LogP contribution in [0, 0.1) is 0 Å². The Morgan fingerprint density at radius 1 is 1.10 bits per heavy atom. The van der Waals surface area contributed by atoms with Crippen LogP contribution in [-0.4, -0.2) is 11.1 Å². The summed E-state index contributed by atoms with van der Waals surface area (Å²) in [6.45, 7) is 1.46. The molecule has 1 rings (SSSR count). The number of hydrogen-bond donors (Lipinski definition) is 1. The first-order valence-corrected chi connectivity index (χ1v) is 5.69. The first-order valence-electron chi connectivity index (χ1n) is 5.69. The van der Waals surface area contributed by atoms with E-state index in [-0.39, 0.29) is 17.5 Å². The molecule has 1 aromatic carbocycles. The third-order valence-corrected chi connectivity index (χ3v) is 2.68. The SMILES string of the molecule is CCc1cc(C(F)(F)F)c(C(F)(F)F)cc1/C=C/C(=O)O. The number of rotatable bonds is 3. The second-order valence-electron chi connectivity index (χ2n) is 4.12. The zero-order valence-corrected chi connectivity index (χ0v) is 10.6. The van der Waals surface area contributed by atoms with Gasteiger partial charge in [0.1, 0.15) is 0 Å². The molecule has 0 heterocycles. The number of carboxylic acid groups (broad SMARTS) is 1. The quantitative estimate of drug-likeness (QED) is 0.664. The van der Waals surface area contributed by atoms with Gasteiger partial charge in [-0.05, 0) is 35.8 Å². The van der Waals surface area contributed by atoms with Crippen molar-refractivity contribution in [2.45, 2.75) is 25.7 Å². The highest BCUT2D eigenvalue weighted by molar-refractivity contribution is 5.85. The molecule has 21 heavy (non-hydrogen) atoms. The minimum absolute atomic E-state index is 0.0205. The van der Waals surface area contributed by atoms with Gasteiger partial charge in [-0.2, -0.15) is 26.3 Å². The molecule has 0 unspecified atom stereocenters. The van der Waals surface area contributed by atoms with E-state index in [1.54, 1.807) is 0 Å². The minimum atomic E-state index is -5.19. The molecule has 0 spiro atoms. The van der Waals surface area contributed by atoms with E-state index in [4.69, 9.17) is 5.11 Å². The smallest absolute Gasteiger partial charge is 0.417 e. The lowest BCUT2D eigenvalue weighted by molar-refractivity contribution is -0.162. The lowest BCUT2D eigenvalue weighted by Gasteiger charge is -2.18.